The molecule has 0 bridgehead atoms. The number of nitrogens with one attached hydrogen (secondary N) is 2. The van der Waals surface area contributed by atoms with E-state index in [0.29, 0.717) is 0 Å². The number of hydrogen-bond donors (Lipinski definition) is 2. The van der Waals surface area contributed by atoms with E-state index in [2.05, 4.69) is 32.3 Å². The number of para-hydroxylation sites is 2. The first-order chi connectivity index (χ1) is 13.5. The molecule has 28 heavy (non-hydrogen) atoms. The van der Waals surface area contributed by atoms with E-state index in [-0.39, 0.29) is 17.7 Å². The lowest BCUT2D eigenvalue weighted by atomic mass is 10.1. The maximum absolute atomic E-state index is 12.1. The van der Waals surface area contributed by atoms with Gasteiger partial charge in [-0.3, -0.25) is 10.1 Å². The summed E-state index contributed by atoms with van der Waals surface area (Å²) < 4.78 is 2.13. The molecular weight excluding hydrogens is 372 g/mol. The molecule has 0 radical (unpaired) electrons. The number of rotatable bonds is 7. The Morgan fingerprint density at radius 1 is 1.07 bits per heavy atom. The van der Waals surface area contributed by atoms with Crippen LogP contribution in [-0.4, -0.2) is 33.3 Å². The van der Waals surface area contributed by atoms with Gasteiger partial charge in [0, 0.05) is 12.6 Å². The third-order valence-electron chi connectivity index (χ3n) is 4.09. The molecule has 3 amide bonds. The summed E-state index contributed by atoms with van der Waals surface area (Å²) in [6.07, 6.45) is 0.873. The van der Waals surface area contributed by atoms with Gasteiger partial charge in [0.25, 0.3) is 0 Å². The van der Waals surface area contributed by atoms with E-state index >= 15 is 0 Å². The molecule has 146 valence electrons. The minimum Gasteiger partial charge on any atom is -0.336 e. The van der Waals surface area contributed by atoms with Crippen LogP contribution < -0.4 is 10.6 Å². The highest BCUT2D eigenvalue weighted by Gasteiger charge is 2.14. The maximum Gasteiger partial charge on any atom is 0.321 e. The number of carbonyl (C=O) groups is 2. The maximum atomic E-state index is 12.1. The Bertz CT molecular complexity index is 953. The number of nitrogens with zero attached hydrogens (tertiary/aromatic N) is 2. The van der Waals surface area contributed by atoms with Crippen molar-refractivity contribution >= 4 is 34.7 Å². The number of imidazole rings is 1. The minimum absolute atomic E-state index is 0.0253. The number of hydrogen-bond acceptors (Lipinski definition) is 4. The molecule has 0 saturated carbocycles. The van der Waals surface area contributed by atoms with Gasteiger partial charge in [0.15, 0.2) is 5.16 Å². The van der Waals surface area contributed by atoms with Crippen molar-refractivity contribution in [1.29, 1.82) is 0 Å². The summed E-state index contributed by atoms with van der Waals surface area (Å²) in [5.41, 5.74) is 3.19. The number of imide groups is 1. The van der Waals surface area contributed by atoms with Gasteiger partial charge in [-0.1, -0.05) is 54.2 Å². The molecule has 0 unspecified atom stereocenters. The molecule has 3 aromatic rings. The van der Waals surface area contributed by atoms with Crippen molar-refractivity contribution in [1.82, 2.24) is 20.2 Å². The Morgan fingerprint density at radius 2 is 1.79 bits per heavy atom. The third-order valence-corrected chi connectivity index (χ3v) is 5.07. The third kappa shape index (κ3) is 5.36. The molecule has 2 N–H and O–H groups in total. The number of urea groups is 1. The lowest BCUT2D eigenvalue weighted by molar-refractivity contribution is -0.117. The molecule has 0 atom stereocenters. The van der Waals surface area contributed by atoms with Gasteiger partial charge >= 0.3 is 6.03 Å². The van der Waals surface area contributed by atoms with Gasteiger partial charge in [0.1, 0.15) is 0 Å². The van der Waals surface area contributed by atoms with Gasteiger partial charge in [-0.25, -0.2) is 9.78 Å². The van der Waals surface area contributed by atoms with Crippen molar-refractivity contribution in [2.45, 2.75) is 38.0 Å². The molecule has 2 aromatic carbocycles. The van der Waals surface area contributed by atoms with Crippen molar-refractivity contribution in [3.63, 3.8) is 0 Å². The fraction of sp³-hybridized carbons (Fsp3) is 0.286. The van der Waals surface area contributed by atoms with Crippen LogP contribution >= 0.6 is 11.8 Å². The average Bonchev–Trinajstić information content (AvgIpc) is 3.02. The van der Waals surface area contributed by atoms with Gasteiger partial charge in [-0.15, -0.1) is 0 Å². The smallest absolute Gasteiger partial charge is 0.321 e. The normalized spacial score (nSPS) is 11.0. The number of carbonyl (C=O) groups excluding carboxylic acids is 2. The van der Waals surface area contributed by atoms with Crippen LogP contribution in [0.1, 0.15) is 19.4 Å². The number of thioether (sulfide) groups is 1. The fourth-order valence-electron chi connectivity index (χ4n) is 2.86. The van der Waals surface area contributed by atoms with Crippen LogP contribution in [0.3, 0.4) is 0 Å². The van der Waals surface area contributed by atoms with Gasteiger partial charge in [-0.05, 0) is 38.0 Å². The monoisotopic (exact) mass is 396 g/mol. The van der Waals surface area contributed by atoms with E-state index < -0.39 is 6.03 Å². The van der Waals surface area contributed by atoms with Crippen LogP contribution in [-0.2, 0) is 17.8 Å². The van der Waals surface area contributed by atoms with Gasteiger partial charge in [0.2, 0.25) is 5.91 Å². The molecule has 7 heteroatoms. The average molecular weight is 397 g/mol. The molecule has 0 aliphatic carbocycles. The van der Waals surface area contributed by atoms with Crippen molar-refractivity contribution in [3.05, 3.63) is 60.2 Å². The summed E-state index contributed by atoms with van der Waals surface area (Å²) >= 11 is 1.34. The predicted molar refractivity (Wildman–Crippen MR) is 112 cm³/mol. The molecule has 0 aliphatic rings. The van der Waals surface area contributed by atoms with Crippen LogP contribution in [0.25, 0.3) is 11.0 Å². The van der Waals surface area contributed by atoms with Crippen molar-refractivity contribution in [3.8, 4) is 0 Å². The largest absolute Gasteiger partial charge is 0.336 e. The first-order valence-corrected chi connectivity index (χ1v) is 10.2. The van der Waals surface area contributed by atoms with E-state index in [1.54, 1.807) is 0 Å². The number of fused-ring (bicyclic) bond motifs is 1. The zero-order chi connectivity index (χ0) is 19.9. The first kappa shape index (κ1) is 19.9. The Balaban J connectivity index is 1.69. The Kier molecular flexibility index (Phi) is 6.71. The van der Waals surface area contributed by atoms with E-state index in [0.717, 1.165) is 29.2 Å². The number of benzene rings is 2. The number of aryl methyl sites for hydroxylation is 2. The quantitative estimate of drug-likeness (QED) is 0.598. The highest BCUT2D eigenvalue weighted by Crippen LogP contribution is 2.24. The lowest BCUT2D eigenvalue weighted by Crippen LogP contribution is -2.43. The summed E-state index contributed by atoms with van der Waals surface area (Å²) in [6, 6.07) is 17.7. The summed E-state index contributed by atoms with van der Waals surface area (Å²) in [5.74, 6) is -0.218. The van der Waals surface area contributed by atoms with E-state index in [1.165, 1.54) is 17.3 Å². The van der Waals surface area contributed by atoms with Crippen LogP contribution in [0.4, 0.5) is 4.79 Å². The summed E-state index contributed by atoms with van der Waals surface area (Å²) in [6.45, 7) is 4.45. The zero-order valence-corrected chi connectivity index (χ0v) is 16.8. The van der Waals surface area contributed by atoms with Crippen molar-refractivity contribution in [2.24, 2.45) is 0 Å². The van der Waals surface area contributed by atoms with Crippen molar-refractivity contribution < 1.29 is 9.59 Å². The van der Waals surface area contributed by atoms with Crippen LogP contribution in [0.2, 0.25) is 0 Å². The SMILES string of the molecule is CC(C)NC(=O)NC(=O)CSc1nc2ccccc2n1CCc1ccccc1. The molecule has 0 spiro atoms. The molecule has 3 rings (SSSR count). The second kappa shape index (κ2) is 9.41. The molecule has 1 aromatic heterocycles. The summed E-state index contributed by atoms with van der Waals surface area (Å²) in [4.78, 5) is 28.4. The van der Waals surface area contributed by atoms with Crippen LogP contribution in [0.5, 0.6) is 0 Å². The predicted octanol–water partition coefficient (Wildman–Crippen LogP) is 3.61. The van der Waals surface area contributed by atoms with Gasteiger partial charge in [-0.2, -0.15) is 0 Å². The number of aromatic nitrogens is 2. The Hall–Kier alpha value is -2.80. The second-order valence-electron chi connectivity index (χ2n) is 6.74. The van der Waals surface area contributed by atoms with Crippen LogP contribution in [0, 0.1) is 0 Å². The van der Waals surface area contributed by atoms with Gasteiger partial charge < -0.3 is 9.88 Å². The standard InChI is InChI=1S/C21H24N4O2S/c1-15(2)22-20(27)24-19(26)14-28-21-23-17-10-6-7-11-18(17)25(21)13-12-16-8-4-3-5-9-16/h3-11,15H,12-14H2,1-2H3,(H2,22,24,26,27). The highest BCUT2D eigenvalue weighted by atomic mass is 32.2. The van der Waals surface area contributed by atoms with E-state index in [1.807, 2.05) is 56.3 Å². The lowest BCUT2D eigenvalue weighted by Gasteiger charge is -2.10. The molecular formula is C21H24N4O2S. The molecule has 0 aliphatic heterocycles. The van der Waals surface area contributed by atoms with E-state index in [4.69, 9.17) is 0 Å². The molecule has 6 nitrogen and oxygen atoms in total. The van der Waals surface area contributed by atoms with E-state index in [9.17, 15) is 9.59 Å². The summed E-state index contributed by atoms with van der Waals surface area (Å²) in [5, 5.41) is 5.76. The number of amides is 3. The second-order valence-corrected chi connectivity index (χ2v) is 7.68. The van der Waals surface area contributed by atoms with Gasteiger partial charge in [0.05, 0.1) is 16.8 Å². The van der Waals surface area contributed by atoms with Crippen LogP contribution in [0.15, 0.2) is 59.8 Å². The zero-order valence-electron chi connectivity index (χ0n) is 16.0. The molecule has 1 heterocycles. The Morgan fingerprint density at radius 3 is 2.54 bits per heavy atom. The minimum atomic E-state index is -0.474. The molecule has 0 fully saturated rings. The van der Waals surface area contributed by atoms with Crippen molar-refractivity contribution in [2.75, 3.05) is 5.75 Å². The topological polar surface area (TPSA) is 76.0 Å². The fourth-order valence-corrected chi connectivity index (χ4v) is 3.70. The Labute approximate surface area is 168 Å². The highest BCUT2D eigenvalue weighted by molar-refractivity contribution is 7.99. The summed E-state index contributed by atoms with van der Waals surface area (Å²) in [7, 11) is 0. The molecule has 0 saturated heterocycles. The first-order valence-electron chi connectivity index (χ1n) is 9.25.